The third kappa shape index (κ3) is 299. The first-order valence-electron chi connectivity index (χ1n) is 1.43. The van der Waals surface area contributed by atoms with Crippen LogP contribution in [0.2, 0.25) is 0 Å². The summed E-state index contributed by atoms with van der Waals surface area (Å²) in [7, 11) is 0. The summed E-state index contributed by atoms with van der Waals surface area (Å²) < 4.78 is 0. The molecule has 0 bridgehead atoms. The molecule has 69 valence electrons. The fraction of sp³-hybridized carbons (Fsp3) is 0. The Bertz CT molecular complexity index is 72.6. The van der Waals surface area contributed by atoms with Crippen LogP contribution in [0.3, 0.4) is 0 Å². The molecule has 0 spiro atoms. The molecule has 0 aliphatic heterocycles. The van der Waals surface area contributed by atoms with E-state index in [0.29, 0.717) is 0 Å². The van der Waals surface area contributed by atoms with Gasteiger partial charge in [-0.25, -0.2) is 0 Å². The van der Waals surface area contributed by atoms with Crippen LogP contribution in [0.4, 0.5) is 0 Å². The van der Waals surface area contributed by atoms with E-state index in [-0.39, 0.29) is 16.8 Å². The third-order valence-corrected chi connectivity index (χ3v) is 0. The van der Waals surface area contributed by atoms with E-state index in [1.165, 1.54) is 0 Å². The molecule has 0 fully saturated rings. The van der Waals surface area contributed by atoms with Gasteiger partial charge in [-0.05, 0) is 0 Å². The topological polar surface area (TPSA) is 184 Å². The zero-order valence-corrected chi connectivity index (χ0v) is 5.87. The Morgan fingerprint density at radius 1 is 0.818 bits per heavy atom. The minimum absolute atomic E-state index is 0. The Kier molecular flexibility index (Phi) is 47.6. The SMILES string of the molecule is NN.O=[N+]([O-])[O-].O=[N+]([O-])[O-].[Co+2]. The smallest absolute Gasteiger partial charge is 0.356 e. The van der Waals surface area contributed by atoms with Crippen LogP contribution >= 0.6 is 0 Å². The van der Waals surface area contributed by atoms with Crippen LogP contribution in [0.1, 0.15) is 0 Å². The molecular formula is H4CoN4O6. The van der Waals surface area contributed by atoms with Crippen LogP contribution in [0, 0.1) is 30.6 Å². The zero-order valence-electron chi connectivity index (χ0n) is 4.83. The maximum absolute atomic E-state index is 8.25. The predicted octanol–water partition coefficient (Wildman–Crippen LogP) is -1.66. The molecule has 11 heteroatoms. The van der Waals surface area contributed by atoms with E-state index < -0.39 is 10.2 Å². The maximum atomic E-state index is 8.25. The molecule has 4 N–H and O–H groups in total. The van der Waals surface area contributed by atoms with Crippen LogP contribution in [-0.4, -0.2) is 10.2 Å². The summed E-state index contributed by atoms with van der Waals surface area (Å²) in [6.07, 6.45) is 0. The van der Waals surface area contributed by atoms with E-state index in [9.17, 15) is 0 Å². The minimum atomic E-state index is -1.75. The van der Waals surface area contributed by atoms with Crippen LogP contribution in [-0.2, 0) is 16.8 Å². The summed E-state index contributed by atoms with van der Waals surface area (Å²) in [4.78, 5) is 16.5. The number of hydrazine groups is 1. The summed E-state index contributed by atoms with van der Waals surface area (Å²) in [5, 5.41) is 29.5. The largest absolute Gasteiger partial charge is 2.00 e. The molecule has 0 saturated carbocycles. The molecule has 0 aliphatic rings. The van der Waals surface area contributed by atoms with Gasteiger partial charge in [0.25, 0.3) is 0 Å². The van der Waals surface area contributed by atoms with E-state index in [4.69, 9.17) is 30.6 Å². The molecule has 0 rings (SSSR count). The third-order valence-electron chi connectivity index (χ3n) is 0. The van der Waals surface area contributed by atoms with Crippen molar-refractivity contribution in [1.82, 2.24) is 0 Å². The van der Waals surface area contributed by atoms with Crippen molar-refractivity contribution < 1.29 is 27.0 Å². The Morgan fingerprint density at radius 2 is 0.818 bits per heavy atom. The fourth-order valence-corrected chi connectivity index (χ4v) is 0. The fourth-order valence-electron chi connectivity index (χ4n) is 0. The molecule has 0 aromatic rings. The Morgan fingerprint density at radius 3 is 0.818 bits per heavy atom. The molecule has 10 nitrogen and oxygen atoms in total. The number of hydrogen-bond donors (Lipinski definition) is 2. The molecule has 0 atom stereocenters. The maximum Gasteiger partial charge on any atom is 2.00 e. The van der Waals surface area contributed by atoms with Gasteiger partial charge in [0.05, 0.1) is 10.2 Å². The molecule has 0 aromatic carbocycles. The van der Waals surface area contributed by atoms with Crippen molar-refractivity contribution in [2.45, 2.75) is 0 Å². The second-order valence-electron chi connectivity index (χ2n) is 0.447. The predicted molar refractivity (Wildman–Crippen MR) is 29.1 cm³/mol. The molecule has 1 radical (unpaired) electrons. The van der Waals surface area contributed by atoms with Gasteiger partial charge in [0.2, 0.25) is 0 Å². The Hall–Kier alpha value is -1.17. The normalized spacial score (nSPS) is 4.91. The standard InChI is InChI=1S/Co.H4N2.2NO3/c;1-2;2*2-1(3)4/h;1-2H2;;/q+2;;2*-1. The van der Waals surface area contributed by atoms with E-state index >= 15 is 0 Å². The number of rotatable bonds is 0. The minimum Gasteiger partial charge on any atom is -0.356 e. The quantitative estimate of drug-likeness (QED) is 0.272. The van der Waals surface area contributed by atoms with E-state index in [1.807, 2.05) is 0 Å². The van der Waals surface area contributed by atoms with Gasteiger partial charge in [-0.3, -0.25) is 11.7 Å². The van der Waals surface area contributed by atoms with Gasteiger partial charge >= 0.3 is 16.8 Å². The first kappa shape index (κ1) is 22.6. The summed E-state index contributed by atoms with van der Waals surface area (Å²) >= 11 is 0. The Labute approximate surface area is 70.2 Å². The molecule has 0 heterocycles. The average Bonchev–Trinajstić information content (AvgIpc) is 1.66. The molecule has 0 aliphatic carbocycles. The first-order chi connectivity index (χ1) is 4.46. The summed E-state index contributed by atoms with van der Waals surface area (Å²) in [6.45, 7) is 0. The zero-order chi connectivity index (χ0) is 9.15. The molecule has 0 aromatic heterocycles. The molecule has 0 unspecified atom stereocenters. The van der Waals surface area contributed by atoms with Crippen molar-refractivity contribution in [3.63, 3.8) is 0 Å². The summed E-state index contributed by atoms with van der Waals surface area (Å²) in [6, 6.07) is 0. The van der Waals surface area contributed by atoms with E-state index in [1.54, 1.807) is 0 Å². The second kappa shape index (κ2) is 23.2. The summed E-state index contributed by atoms with van der Waals surface area (Å²) in [5.41, 5.74) is 0. The monoisotopic (exact) mass is 215 g/mol. The second-order valence-corrected chi connectivity index (χ2v) is 0.447. The van der Waals surface area contributed by atoms with E-state index in [2.05, 4.69) is 11.7 Å². The molecule has 0 amide bonds. The van der Waals surface area contributed by atoms with Crippen molar-refractivity contribution >= 4 is 0 Å². The number of nitrogens with zero attached hydrogens (tertiary/aromatic N) is 2. The van der Waals surface area contributed by atoms with Gasteiger partial charge in [-0.15, -0.1) is 0 Å². The summed E-state index contributed by atoms with van der Waals surface area (Å²) in [5.74, 6) is 8.00. The van der Waals surface area contributed by atoms with E-state index in [0.717, 1.165) is 0 Å². The molecule has 11 heavy (non-hydrogen) atoms. The number of nitrogens with two attached hydrogens (primary N) is 2. The van der Waals surface area contributed by atoms with Crippen molar-refractivity contribution in [3.8, 4) is 0 Å². The van der Waals surface area contributed by atoms with Crippen LogP contribution < -0.4 is 11.7 Å². The van der Waals surface area contributed by atoms with Crippen LogP contribution in [0.25, 0.3) is 0 Å². The van der Waals surface area contributed by atoms with Crippen LogP contribution in [0.5, 0.6) is 0 Å². The molecule has 0 saturated heterocycles. The molecular weight excluding hydrogens is 211 g/mol. The van der Waals surface area contributed by atoms with Gasteiger partial charge in [-0.1, -0.05) is 0 Å². The van der Waals surface area contributed by atoms with Gasteiger partial charge in [0.15, 0.2) is 0 Å². The van der Waals surface area contributed by atoms with Crippen molar-refractivity contribution in [2.24, 2.45) is 11.7 Å². The van der Waals surface area contributed by atoms with Crippen molar-refractivity contribution in [2.75, 3.05) is 0 Å². The Balaban J connectivity index is -0.0000000339. The van der Waals surface area contributed by atoms with Crippen molar-refractivity contribution in [3.05, 3.63) is 30.6 Å². The van der Waals surface area contributed by atoms with Crippen LogP contribution in [0.15, 0.2) is 0 Å². The van der Waals surface area contributed by atoms with Gasteiger partial charge in [-0.2, -0.15) is 0 Å². The van der Waals surface area contributed by atoms with Gasteiger partial charge in [0, 0.05) is 0 Å². The average molecular weight is 215 g/mol. The van der Waals surface area contributed by atoms with Crippen molar-refractivity contribution in [1.29, 1.82) is 0 Å². The first-order valence-corrected chi connectivity index (χ1v) is 1.43. The van der Waals surface area contributed by atoms with Gasteiger partial charge in [0.1, 0.15) is 0 Å². The van der Waals surface area contributed by atoms with Gasteiger partial charge < -0.3 is 30.6 Å². The number of hydrogen-bond acceptors (Lipinski definition) is 8.